The first-order chi connectivity index (χ1) is 12.3. The normalized spacial score (nSPS) is 22.0. The lowest BCUT2D eigenvalue weighted by atomic mass is 10.1. The van der Waals surface area contributed by atoms with Crippen molar-refractivity contribution in [2.75, 3.05) is 40.1 Å². The quantitative estimate of drug-likeness (QED) is 0.797. The maximum Gasteiger partial charge on any atom is 0.231 e. The van der Waals surface area contributed by atoms with Crippen molar-refractivity contribution in [3.63, 3.8) is 0 Å². The van der Waals surface area contributed by atoms with E-state index in [9.17, 15) is 0 Å². The number of piperazine rings is 1. The summed E-state index contributed by atoms with van der Waals surface area (Å²) < 4.78 is 16.5. The molecule has 2 heterocycles. The van der Waals surface area contributed by atoms with E-state index >= 15 is 0 Å². The van der Waals surface area contributed by atoms with Gasteiger partial charge in [0.1, 0.15) is 39.3 Å². The number of fused-ring (bicyclic) bond motifs is 1. The zero-order chi connectivity index (χ0) is 17.1. The van der Waals surface area contributed by atoms with E-state index in [0.717, 1.165) is 30.3 Å². The monoisotopic (exact) mass is 342 g/mol. The van der Waals surface area contributed by atoms with Crippen LogP contribution in [-0.4, -0.2) is 40.1 Å². The van der Waals surface area contributed by atoms with Crippen molar-refractivity contribution in [1.29, 1.82) is 0 Å². The summed E-state index contributed by atoms with van der Waals surface area (Å²) in [6.45, 7) is 7.23. The maximum atomic E-state index is 5.54. The molecule has 0 bridgehead atoms. The second-order valence-corrected chi connectivity index (χ2v) is 6.87. The van der Waals surface area contributed by atoms with E-state index < -0.39 is 0 Å². The minimum absolute atomic E-state index is 0.281. The molecule has 5 nitrogen and oxygen atoms in total. The minimum Gasteiger partial charge on any atom is -0.493 e. The molecule has 2 aromatic rings. The Hall–Kier alpha value is -2.24. The summed E-state index contributed by atoms with van der Waals surface area (Å²) in [5.74, 6) is 2.32. The summed E-state index contributed by atoms with van der Waals surface area (Å²) in [6, 6.07) is 15.0. The van der Waals surface area contributed by atoms with Crippen molar-refractivity contribution in [2.45, 2.75) is 13.1 Å². The fourth-order valence-electron chi connectivity index (χ4n) is 3.77. The predicted octanol–water partition coefficient (Wildman–Crippen LogP) is -0.0925. The van der Waals surface area contributed by atoms with Crippen LogP contribution in [0.3, 0.4) is 0 Å². The molecule has 1 fully saturated rings. The third kappa shape index (κ3) is 3.72. The van der Waals surface area contributed by atoms with Crippen molar-refractivity contribution in [2.24, 2.45) is 0 Å². The zero-order valence-corrected chi connectivity index (χ0v) is 14.7. The van der Waals surface area contributed by atoms with Crippen LogP contribution in [0.1, 0.15) is 11.1 Å². The van der Waals surface area contributed by atoms with Crippen LogP contribution in [0.15, 0.2) is 42.5 Å². The Morgan fingerprint density at radius 2 is 1.56 bits per heavy atom. The van der Waals surface area contributed by atoms with Crippen molar-refractivity contribution in [1.82, 2.24) is 0 Å². The molecule has 0 unspecified atom stereocenters. The first-order valence-corrected chi connectivity index (χ1v) is 8.99. The third-order valence-electron chi connectivity index (χ3n) is 5.13. The van der Waals surface area contributed by atoms with Gasteiger partial charge in [-0.3, -0.25) is 0 Å². The summed E-state index contributed by atoms with van der Waals surface area (Å²) in [4.78, 5) is 3.30. The number of quaternary nitrogens is 2. The van der Waals surface area contributed by atoms with E-state index in [1.165, 1.54) is 37.3 Å². The lowest BCUT2D eigenvalue weighted by Crippen LogP contribution is -3.27. The Morgan fingerprint density at radius 3 is 2.24 bits per heavy atom. The van der Waals surface area contributed by atoms with E-state index in [1.54, 1.807) is 16.9 Å². The van der Waals surface area contributed by atoms with Crippen molar-refractivity contribution < 1.29 is 24.0 Å². The van der Waals surface area contributed by atoms with Crippen LogP contribution >= 0.6 is 0 Å². The molecule has 2 aliphatic heterocycles. The van der Waals surface area contributed by atoms with Gasteiger partial charge in [-0.05, 0) is 12.1 Å². The van der Waals surface area contributed by atoms with Crippen molar-refractivity contribution in [3.05, 3.63) is 53.6 Å². The van der Waals surface area contributed by atoms with Gasteiger partial charge in [0, 0.05) is 11.1 Å². The highest BCUT2D eigenvalue weighted by Gasteiger charge is 2.25. The number of ether oxygens (including phenoxy) is 3. The maximum absolute atomic E-state index is 5.54. The molecule has 132 valence electrons. The summed E-state index contributed by atoms with van der Waals surface area (Å²) in [6.07, 6.45) is 0. The molecule has 0 spiro atoms. The van der Waals surface area contributed by atoms with Crippen LogP contribution < -0.4 is 24.0 Å². The molecular weight excluding hydrogens is 316 g/mol. The Balaban J connectivity index is 1.34. The lowest BCUT2D eigenvalue weighted by Gasteiger charge is -2.30. The molecule has 5 heteroatoms. The van der Waals surface area contributed by atoms with E-state index in [1.807, 2.05) is 0 Å². The Kier molecular flexibility index (Phi) is 4.76. The summed E-state index contributed by atoms with van der Waals surface area (Å²) in [5, 5.41) is 0. The number of hydrogen-bond acceptors (Lipinski definition) is 3. The fourth-order valence-corrected chi connectivity index (χ4v) is 3.77. The van der Waals surface area contributed by atoms with Gasteiger partial charge in [0.25, 0.3) is 0 Å². The van der Waals surface area contributed by atoms with Crippen LogP contribution in [0, 0.1) is 0 Å². The Bertz CT molecular complexity index is 712. The Morgan fingerprint density at radius 1 is 0.880 bits per heavy atom. The molecule has 2 N–H and O–H groups in total. The first kappa shape index (κ1) is 16.2. The van der Waals surface area contributed by atoms with E-state index in [2.05, 4.69) is 42.5 Å². The number of hydrogen-bond donors (Lipinski definition) is 2. The van der Waals surface area contributed by atoms with Gasteiger partial charge in [0.15, 0.2) is 11.5 Å². The fraction of sp³-hybridized carbons (Fsp3) is 0.400. The molecule has 0 atom stereocenters. The smallest absolute Gasteiger partial charge is 0.231 e. The highest BCUT2D eigenvalue weighted by Crippen LogP contribution is 2.41. The van der Waals surface area contributed by atoms with E-state index in [0.29, 0.717) is 0 Å². The summed E-state index contributed by atoms with van der Waals surface area (Å²) >= 11 is 0. The molecular formula is C20H26N2O3+2. The largest absolute Gasteiger partial charge is 0.493 e. The lowest BCUT2D eigenvalue weighted by molar-refractivity contribution is -1.02. The molecule has 0 radical (unpaired) electrons. The van der Waals surface area contributed by atoms with Crippen LogP contribution in [0.4, 0.5) is 0 Å². The standard InChI is InChI=1S/C20H24N2O3/c1-23-18-11-17(12-19-20(18)25-15-24-19)14-22-9-7-21(8-10-22)13-16-5-3-2-4-6-16/h2-6,11-12H,7-10,13-15H2,1H3/p+2. The van der Waals surface area contributed by atoms with Crippen LogP contribution in [0.2, 0.25) is 0 Å². The predicted molar refractivity (Wildman–Crippen MR) is 94.4 cm³/mol. The zero-order valence-electron chi connectivity index (χ0n) is 14.7. The van der Waals surface area contributed by atoms with E-state index in [-0.39, 0.29) is 6.79 Å². The molecule has 0 aromatic heterocycles. The first-order valence-electron chi connectivity index (χ1n) is 8.99. The molecule has 1 saturated heterocycles. The van der Waals surface area contributed by atoms with Crippen LogP contribution in [0.25, 0.3) is 0 Å². The van der Waals surface area contributed by atoms with Gasteiger partial charge < -0.3 is 24.0 Å². The molecule has 0 saturated carbocycles. The van der Waals surface area contributed by atoms with Gasteiger partial charge in [-0.2, -0.15) is 0 Å². The minimum atomic E-state index is 0.281. The van der Waals surface area contributed by atoms with Crippen molar-refractivity contribution >= 4 is 0 Å². The van der Waals surface area contributed by atoms with Crippen LogP contribution in [0.5, 0.6) is 17.2 Å². The third-order valence-corrected chi connectivity index (χ3v) is 5.13. The summed E-state index contributed by atoms with van der Waals surface area (Å²) in [5.41, 5.74) is 2.68. The molecule has 0 aliphatic carbocycles. The molecule has 2 aliphatic rings. The van der Waals surface area contributed by atoms with Gasteiger partial charge in [0.2, 0.25) is 12.5 Å². The van der Waals surface area contributed by atoms with Crippen LogP contribution in [-0.2, 0) is 13.1 Å². The van der Waals surface area contributed by atoms with Gasteiger partial charge in [-0.1, -0.05) is 30.3 Å². The molecule has 4 rings (SSSR count). The molecule has 2 aromatic carbocycles. The SMILES string of the molecule is COc1cc(C[NH+]2CC[NH+](Cc3ccccc3)CC2)cc2c1OCO2. The average molecular weight is 342 g/mol. The van der Waals surface area contributed by atoms with Gasteiger partial charge in [-0.25, -0.2) is 0 Å². The number of methoxy groups -OCH3 is 1. The highest BCUT2D eigenvalue weighted by atomic mass is 16.7. The van der Waals surface area contributed by atoms with Gasteiger partial charge in [-0.15, -0.1) is 0 Å². The topological polar surface area (TPSA) is 36.6 Å². The second kappa shape index (κ2) is 7.33. The second-order valence-electron chi connectivity index (χ2n) is 6.87. The Labute approximate surface area is 148 Å². The molecule has 25 heavy (non-hydrogen) atoms. The average Bonchev–Trinajstić information content (AvgIpc) is 3.12. The number of rotatable bonds is 5. The van der Waals surface area contributed by atoms with E-state index in [4.69, 9.17) is 14.2 Å². The molecule has 0 amide bonds. The highest BCUT2D eigenvalue weighted by molar-refractivity contribution is 5.54. The number of benzene rings is 2. The summed E-state index contributed by atoms with van der Waals surface area (Å²) in [7, 11) is 1.68. The van der Waals surface area contributed by atoms with Gasteiger partial charge >= 0.3 is 0 Å². The van der Waals surface area contributed by atoms with Gasteiger partial charge in [0.05, 0.1) is 7.11 Å². The number of nitrogens with one attached hydrogen (secondary N) is 2. The van der Waals surface area contributed by atoms with Crippen molar-refractivity contribution in [3.8, 4) is 17.2 Å².